The molecule has 0 aromatic heterocycles. The first kappa shape index (κ1) is 22.8. The molecule has 1 aliphatic rings. The maximum absolute atomic E-state index is 5.44. The number of benzene rings is 1. The van der Waals surface area contributed by atoms with Gasteiger partial charge >= 0.3 is 0 Å². The number of halogens is 1. The van der Waals surface area contributed by atoms with Crippen LogP contribution in [0.15, 0.2) is 23.2 Å². The molecule has 0 amide bonds. The van der Waals surface area contributed by atoms with Gasteiger partial charge in [-0.15, -0.1) is 24.0 Å². The van der Waals surface area contributed by atoms with E-state index in [1.807, 2.05) is 18.2 Å². The topological polar surface area (TPSA) is 58.1 Å². The van der Waals surface area contributed by atoms with Crippen molar-refractivity contribution in [2.45, 2.75) is 38.3 Å². The van der Waals surface area contributed by atoms with E-state index in [4.69, 9.17) is 9.47 Å². The van der Waals surface area contributed by atoms with E-state index in [2.05, 4.69) is 27.6 Å². The van der Waals surface area contributed by atoms with E-state index in [0.29, 0.717) is 6.54 Å². The number of nitrogens with zero attached hydrogens (tertiary/aromatic N) is 2. The van der Waals surface area contributed by atoms with Crippen LogP contribution in [-0.4, -0.2) is 58.3 Å². The number of aliphatic imine (C=N–C) groups is 1. The largest absolute Gasteiger partial charge is 0.497 e. The first-order chi connectivity index (χ1) is 12.2. The van der Waals surface area contributed by atoms with Gasteiger partial charge in [0, 0.05) is 44.4 Å². The number of likely N-dealkylation sites (N-methyl/N-ethyl adjacent to an activating group) is 1. The maximum Gasteiger partial charge on any atom is 0.191 e. The molecule has 0 saturated heterocycles. The second-order valence-electron chi connectivity index (χ2n) is 6.45. The highest BCUT2D eigenvalue weighted by molar-refractivity contribution is 14.0. The zero-order valence-electron chi connectivity index (χ0n) is 16.4. The smallest absolute Gasteiger partial charge is 0.191 e. The molecule has 1 aliphatic carbocycles. The molecule has 26 heavy (non-hydrogen) atoms. The monoisotopic (exact) mass is 476 g/mol. The Morgan fingerprint density at radius 1 is 1.19 bits per heavy atom. The Morgan fingerprint density at radius 2 is 1.92 bits per heavy atom. The molecule has 0 spiro atoms. The number of hydrogen-bond acceptors (Lipinski definition) is 4. The Morgan fingerprint density at radius 3 is 2.54 bits per heavy atom. The minimum atomic E-state index is 0. The van der Waals surface area contributed by atoms with Crippen LogP contribution in [0.25, 0.3) is 0 Å². The van der Waals surface area contributed by atoms with Crippen LogP contribution in [0.2, 0.25) is 0 Å². The molecule has 1 aromatic carbocycles. The molecule has 1 aromatic rings. The Hall–Kier alpha value is -1.22. The highest BCUT2D eigenvalue weighted by Crippen LogP contribution is 2.24. The average Bonchev–Trinajstić information content (AvgIpc) is 3.19. The Kier molecular flexibility index (Phi) is 10.7. The zero-order valence-corrected chi connectivity index (χ0v) is 18.7. The molecule has 0 aliphatic heterocycles. The van der Waals surface area contributed by atoms with Gasteiger partial charge in [-0.1, -0.05) is 12.8 Å². The third-order valence-corrected chi connectivity index (χ3v) is 4.87. The SMILES string of the molecule is CN=C(NCCN(C)C1CCCC1)NCc1ccc(OC)cc1OC.I. The van der Waals surface area contributed by atoms with Gasteiger partial charge in [-0.05, 0) is 32.0 Å². The van der Waals surface area contributed by atoms with Crippen LogP contribution in [0.3, 0.4) is 0 Å². The normalized spacial score (nSPS) is 14.9. The van der Waals surface area contributed by atoms with E-state index >= 15 is 0 Å². The predicted octanol–water partition coefficient (Wildman–Crippen LogP) is 2.86. The van der Waals surface area contributed by atoms with Crippen molar-refractivity contribution >= 4 is 29.9 Å². The lowest BCUT2D eigenvalue weighted by atomic mass is 10.2. The van der Waals surface area contributed by atoms with E-state index in [-0.39, 0.29) is 24.0 Å². The number of ether oxygens (including phenoxy) is 2. The van der Waals surface area contributed by atoms with E-state index in [1.165, 1.54) is 25.7 Å². The molecule has 0 atom stereocenters. The number of nitrogens with one attached hydrogen (secondary N) is 2. The Balaban J connectivity index is 0.00000338. The van der Waals surface area contributed by atoms with Crippen LogP contribution in [0.4, 0.5) is 0 Å². The van der Waals surface area contributed by atoms with Crippen molar-refractivity contribution in [3.05, 3.63) is 23.8 Å². The summed E-state index contributed by atoms with van der Waals surface area (Å²) in [6.45, 7) is 2.55. The fraction of sp³-hybridized carbons (Fsp3) is 0.632. The molecule has 148 valence electrons. The summed E-state index contributed by atoms with van der Waals surface area (Å²) >= 11 is 0. The van der Waals surface area contributed by atoms with Gasteiger partial charge in [0.25, 0.3) is 0 Å². The van der Waals surface area contributed by atoms with Gasteiger partial charge in [-0.2, -0.15) is 0 Å². The number of methoxy groups -OCH3 is 2. The number of hydrogen-bond donors (Lipinski definition) is 2. The molecule has 7 heteroatoms. The van der Waals surface area contributed by atoms with Crippen molar-refractivity contribution in [3.63, 3.8) is 0 Å². The fourth-order valence-electron chi connectivity index (χ4n) is 3.28. The second-order valence-corrected chi connectivity index (χ2v) is 6.45. The lowest BCUT2D eigenvalue weighted by Gasteiger charge is -2.24. The summed E-state index contributed by atoms with van der Waals surface area (Å²) < 4.78 is 10.7. The first-order valence-corrected chi connectivity index (χ1v) is 9.03. The molecule has 1 saturated carbocycles. The van der Waals surface area contributed by atoms with Crippen molar-refractivity contribution < 1.29 is 9.47 Å². The van der Waals surface area contributed by atoms with Crippen LogP contribution in [0, 0.1) is 0 Å². The van der Waals surface area contributed by atoms with Crippen LogP contribution in [-0.2, 0) is 6.54 Å². The van der Waals surface area contributed by atoms with Gasteiger partial charge in [0.05, 0.1) is 14.2 Å². The van der Waals surface area contributed by atoms with Crippen molar-refractivity contribution in [2.24, 2.45) is 4.99 Å². The molecule has 0 heterocycles. The maximum atomic E-state index is 5.44. The third-order valence-electron chi connectivity index (χ3n) is 4.87. The first-order valence-electron chi connectivity index (χ1n) is 9.03. The minimum absolute atomic E-state index is 0. The van der Waals surface area contributed by atoms with E-state index in [0.717, 1.165) is 42.2 Å². The molecule has 6 nitrogen and oxygen atoms in total. The molecule has 0 radical (unpaired) electrons. The van der Waals surface area contributed by atoms with Gasteiger partial charge in [0.2, 0.25) is 0 Å². The lowest BCUT2D eigenvalue weighted by molar-refractivity contribution is 0.249. The van der Waals surface area contributed by atoms with Crippen molar-refractivity contribution in [3.8, 4) is 11.5 Å². The van der Waals surface area contributed by atoms with Gasteiger partial charge in [0.1, 0.15) is 11.5 Å². The number of rotatable bonds is 8. The summed E-state index contributed by atoms with van der Waals surface area (Å²) in [5.41, 5.74) is 1.06. The quantitative estimate of drug-likeness (QED) is 0.344. The zero-order chi connectivity index (χ0) is 18.1. The molecular formula is C19H33IN4O2. The van der Waals surface area contributed by atoms with Crippen LogP contribution in [0.1, 0.15) is 31.2 Å². The standard InChI is InChI=1S/C19H32N4O2.HI/c1-20-19(21-11-12-23(2)16-7-5-6-8-16)22-14-15-9-10-17(24-3)13-18(15)25-4;/h9-10,13,16H,5-8,11-12,14H2,1-4H3,(H2,20,21,22);1H. The van der Waals surface area contributed by atoms with Crippen LogP contribution in [0.5, 0.6) is 11.5 Å². The number of guanidine groups is 1. The van der Waals surface area contributed by atoms with Crippen LogP contribution < -0.4 is 20.1 Å². The average molecular weight is 476 g/mol. The van der Waals surface area contributed by atoms with Crippen molar-refractivity contribution in [1.82, 2.24) is 15.5 Å². The second kappa shape index (κ2) is 12.2. The van der Waals surface area contributed by atoms with Crippen molar-refractivity contribution in [2.75, 3.05) is 41.4 Å². The summed E-state index contributed by atoms with van der Waals surface area (Å²) in [7, 11) is 7.34. The molecular weight excluding hydrogens is 443 g/mol. The summed E-state index contributed by atoms with van der Waals surface area (Å²) in [4.78, 5) is 6.76. The Bertz CT molecular complexity index is 562. The summed E-state index contributed by atoms with van der Waals surface area (Å²) in [6.07, 6.45) is 5.41. The van der Waals surface area contributed by atoms with Crippen LogP contribution >= 0.6 is 24.0 Å². The lowest BCUT2D eigenvalue weighted by Crippen LogP contribution is -2.42. The third kappa shape index (κ3) is 6.83. The summed E-state index contributed by atoms with van der Waals surface area (Å²) in [5, 5.41) is 6.73. The highest BCUT2D eigenvalue weighted by Gasteiger charge is 2.18. The summed E-state index contributed by atoms with van der Waals surface area (Å²) in [6, 6.07) is 6.59. The van der Waals surface area contributed by atoms with E-state index < -0.39 is 0 Å². The van der Waals surface area contributed by atoms with Gasteiger partial charge in [0.15, 0.2) is 5.96 Å². The van der Waals surface area contributed by atoms with Gasteiger partial charge < -0.3 is 25.0 Å². The van der Waals surface area contributed by atoms with Gasteiger partial charge in [-0.3, -0.25) is 4.99 Å². The molecule has 2 N–H and O–H groups in total. The molecule has 1 fully saturated rings. The predicted molar refractivity (Wildman–Crippen MR) is 118 cm³/mol. The van der Waals surface area contributed by atoms with Crippen molar-refractivity contribution in [1.29, 1.82) is 0 Å². The highest BCUT2D eigenvalue weighted by atomic mass is 127. The molecule has 2 rings (SSSR count). The fourth-order valence-corrected chi connectivity index (χ4v) is 3.28. The molecule has 0 bridgehead atoms. The minimum Gasteiger partial charge on any atom is -0.497 e. The van der Waals surface area contributed by atoms with Gasteiger partial charge in [-0.25, -0.2) is 0 Å². The Labute approximate surface area is 174 Å². The van der Waals surface area contributed by atoms with E-state index in [1.54, 1.807) is 21.3 Å². The van der Waals surface area contributed by atoms with E-state index in [9.17, 15) is 0 Å². The summed E-state index contributed by atoms with van der Waals surface area (Å²) in [5.74, 6) is 2.40. The molecule has 0 unspecified atom stereocenters.